The van der Waals surface area contributed by atoms with Gasteiger partial charge in [-0.2, -0.15) is 0 Å². The highest BCUT2D eigenvalue weighted by Crippen LogP contribution is 2.08. The molecule has 0 saturated carbocycles. The Hall–Kier alpha value is -0.860. The Morgan fingerprint density at radius 2 is 2.21 bits per heavy atom. The average Bonchev–Trinajstić information content (AvgIpc) is 2.43. The van der Waals surface area contributed by atoms with Crippen LogP contribution in [-0.4, -0.2) is 31.6 Å². The smallest absolute Gasteiger partial charge is 0.0196 e. The van der Waals surface area contributed by atoms with E-state index in [1.165, 1.54) is 5.57 Å². The zero-order valence-corrected chi connectivity index (χ0v) is 8.95. The molecule has 14 heavy (non-hydrogen) atoms. The molecule has 0 spiro atoms. The monoisotopic (exact) mass is 192 g/mol. The molecule has 0 saturated heterocycles. The van der Waals surface area contributed by atoms with Crippen molar-refractivity contribution in [2.45, 2.75) is 12.8 Å². The first kappa shape index (κ1) is 11.2. The van der Waals surface area contributed by atoms with Gasteiger partial charge in [0.15, 0.2) is 0 Å². The lowest BCUT2D eigenvalue weighted by atomic mass is 10.1. The minimum atomic E-state index is 0.781. The summed E-state index contributed by atoms with van der Waals surface area (Å²) >= 11 is 0. The molecule has 0 atom stereocenters. The third-order valence-corrected chi connectivity index (χ3v) is 2.29. The highest BCUT2D eigenvalue weighted by molar-refractivity contribution is 5.24. The first-order chi connectivity index (χ1) is 6.83. The van der Waals surface area contributed by atoms with Crippen LogP contribution in [0.2, 0.25) is 0 Å². The number of allylic oxidation sites excluding steroid dienone is 5. The molecule has 2 N–H and O–H groups in total. The van der Waals surface area contributed by atoms with Gasteiger partial charge in [0.1, 0.15) is 0 Å². The fourth-order valence-corrected chi connectivity index (χ4v) is 1.53. The van der Waals surface area contributed by atoms with Crippen molar-refractivity contribution in [2.24, 2.45) is 5.73 Å². The molecule has 0 aromatic rings. The van der Waals surface area contributed by atoms with Crippen LogP contribution in [0, 0.1) is 0 Å². The van der Waals surface area contributed by atoms with Gasteiger partial charge in [-0.15, -0.1) is 0 Å². The fourth-order valence-electron chi connectivity index (χ4n) is 1.53. The van der Waals surface area contributed by atoms with Crippen LogP contribution in [0.15, 0.2) is 36.0 Å². The predicted octanol–water partition coefficient (Wildman–Crippen LogP) is 1.71. The second kappa shape index (κ2) is 6.57. The molecule has 0 amide bonds. The molecule has 78 valence electrons. The summed E-state index contributed by atoms with van der Waals surface area (Å²) in [4.78, 5) is 2.33. The van der Waals surface area contributed by atoms with Crippen molar-refractivity contribution in [3.63, 3.8) is 0 Å². The summed E-state index contributed by atoms with van der Waals surface area (Å²) in [6.45, 7) is 2.92. The van der Waals surface area contributed by atoms with Crippen molar-refractivity contribution < 1.29 is 0 Å². The van der Waals surface area contributed by atoms with E-state index < -0.39 is 0 Å². The van der Waals surface area contributed by atoms with E-state index in [0.29, 0.717) is 0 Å². The maximum absolute atomic E-state index is 5.47. The number of likely N-dealkylation sites (N-methyl/N-ethyl adjacent to an activating group) is 1. The van der Waals surface area contributed by atoms with E-state index in [4.69, 9.17) is 5.73 Å². The Kier molecular flexibility index (Phi) is 5.27. The molecule has 0 heterocycles. The second-order valence-corrected chi connectivity index (χ2v) is 3.72. The van der Waals surface area contributed by atoms with E-state index in [0.717, 1.165) is 32.5 Å². The van der Waals surface area contributed by atoms with Gasteiger partial charge >= 0.3 is 0 Å². The van der Waals surface area contributed by atoms with Gasteiger partial charge in [0.25, 0.3) is 0 Å². The largest absolute Gasteiger partial charge is 0.330 e. The summed E-state index contributed by atoms with van der Waals surface area (Å²) < 4.78 is 0. The Balaban J connectivity index is 2.32. The Morgan fingerprint density at radius 1 is 1.36 bits per heavy atom. The number of rotatable bonds is 5. The normalized spacial score (nSPS) is 15.8. The highest BCUT2D eigenvalue weighted by atomic mass is 15.1. The SMILES string of the molecule is CN(CCCN)CC1=CC=CC=CC1. The summed E-state index contributed by atoms with van der Waals surface area (Å²) in [5.41, 5.74) is 6.94. The van der Waals surface area contributed by atoms with E-state index in [9.17, 15) is 0 Å². The van der Waals surface area contributed by atoms with Crippen molar-refractivity contribution in [3.8, 4) is 0 Å². The fraction of sp³-hybridized carbons (Fsp3) is 0.500. The number of nitrogens with zero attached hydrogens (tertiary/aromatic N) is 1. The minimum absolute atomic E-state index is 0.781. The molecule has 0 aliphatic heterocycles. The number of nitrogens with two attached hydrogens (primary N) is 1. The zero-order valence-electron chi connectivity index (χ0n) is 8.95. The van der Waals surface area contributed by atoms with Crippen LogP contribution >= 0.6 is 0 Å². The van der Waals surface area contributed by atoms with Crippen LogP contribution in [0.4, 0.5) is 0 Å². The molecule has 2 heteroatoms. The predicted molar refractivity (Wildman–Crippen MR) is 62.1 cm³/mol. The standard InChI is InChI=1S/C12H20N2/c1-14(10-6-9-13)11-12-7-4-2-3-5-8-12/h2-5,7H,6,8-11,13H2,1H3. The van der Waals surface area contributed by atoms with Gasteiger partial charge in [0.05, 0.1) is 0 Å². The van der Waals surface area contributed by atoms with Crippen LogP contribution in [-0.2, 0) is 0 Å². The average molecular weight is 192 g/mol. The third kappa shape index (κ3) is 4.40. The maximum Gasteiger partial charge on any atom is 0.0196 e. The van der Waals surface area contributed by atoms with Crippen LogP contribution in [0.3, 0.4) is 0 Å². The maximum atomic E-state index is 5.47. The molecule has 0 fully saturated rings. The Labute approximate surface area is 86.8 Å². The molecule has 0 radical (unpaired) electrons. The van der Waals surface area contributed by atoms with E-state index in [1.54, 1.807) is 0 Å². The van der Waals surface area contributed by atoms with Gasteiger partial charge in [0, 0.05) is 6.54 Å². The summed E-state index contributed by atoms with van der Waals surface area (Å²) in [7, 11) is 2.15. The molecular formula is C12H20N2. The van der Waals surface area contributed by atoms with Crippen LogP contribution in [0.1, 0.15) is 12.8 Å². The van der Waals surface area contributed by atoms with E-state index in [2.05, 4.69) is 42.3 Å². The molecular weight excluding hydrogens is 172 g/mol. The van der Waals surface area contributed by atoms with Gasteiger partial charge < -0.3 is 10.6 Å². The van der Waals surface area contributed by atoms with E-state index >= 15 is 0 Å². The third-order valence-electron chi connectivity index (χ3n) is 2.29. The highest BCUT2D eigenvalue weighted by Gasteiger charge is 2.01. The minimum Gasteiger partial charge on any atom is -0.330 e. The summed E-state index contributed by atoms with van der Waals surface area (Å²) in [6.07, 6.45) is 12.8. The lowest BCUT2D eigenvalue weighted by Gasteiger charge is -2.17. The van der Waals surface area contributed by atoms with Gasteiger partial charge in [-0.1, -0.05) is 36.0 Å². The van der Waals surface area contributed by atoms with E-state index in [-0.39, 0.29) is 0 Å². The second-order valence-electron chi connectivity index (χ2n) is 3.72. The Bertz CT molecular complexity index is 239. The van der Waals surface area contributed by atoms with Crippen LogP contribution in [0.25, 0.3) is 0 Å². The van der Waals surface area contributed by atoms with Crippen LogP contribution in [0.5, 0.6) is 0 Å². The van der Waals surface area contributed by atoms with Gasteiger partial charge in [0.2, 0.25) is 0 Å². The van der Waals surface area contributed by atoms with Crippen molar-refractivity contribution in [2.75, 3.05) is 26.7 Å². The number of hydrogen-bond donors (Lipinski definition) is 1. The first-order valence-corrected chi connectivity index (χ1v) is 5.23. The first-order valence-electron chi connectivity index (χ1n) is 5.23. The van der Waals surface area contributed by atoms with Crippen molar-refractivity contribution in [1.82, 2.24) is 4.90 Å². The molecule has 1 aliphatic carbocycles. The summed E-state index contributed by atoms with van der Waals surface area (Å²) in [5, 5.41) is 0. The molecule has 1 rings (SSSR count). The lowest BCUT2D eigenvalue weighted by Crippen LogP contribution is -2.24. The molecule has 0 unspecified atom stereocenters. The summed E-state index contributed by atoms with van der Waals surface area (Å²) in [5.74, 6) is 0. The molecule has 0 bridgehead atoms. The van der Waals surface area contributed by atoms with Gasteiger partial charge in [-0.05, 0) is 33.0 Å². The van der Waals surface area contributed by atoms with E-state index in [1.807, 2.05) is 0 Å². The molecule has 1 aliphatic rings. The Morgan fingerprint density at radius 3 is 3.00 bits per heavy atom. The van der Waals surface area contributed by atoms with Gasteiger partial charge in [-0.25, -0.2) is 0 Å². The topological polar surface area (TPSA) is 29.3 Å². The van der Waals surface area contributed by atoms with Crippen LogP contribution < -0.4 is 5.73 Å². The summed E-state index contributed by atoms with van der Waals surface area (Å²) in [6, 6.07) is 0. The number of hydrogen-bond acceptors (Lipinski definition) is 2. The van der Waals surface area contributed by atoms with Crippen molar-refractivity contribution >= 4 is 0 Å². The van der Waals surface area contributed by atoms with Crippen molar-refractivity contribution in [1.29, 1.82) is 0 Å². The zero-order chi connectivity index (χ0) is 10.2. The lowest BCUT2D eigenvalue weighted by molar-refractivity contribution is 0.357. The molecule has 2 nitrogen and oxygen atoms in total. The molecule has 0 aromatic heterocycles. The molecule has 0 aromatic carbocycles. The van der Waals surface area contributed by atoms with Crippen molar-refractivity contribution in [3.05, 3.63) is 36.0 Å². The quantitative estimate of drug-likeness (QED) is 0.718. The van der Waals surface area contributed by atoms with Gasteiger partial charge in [-0.3, -0.25) is 0 Å².